The summed E-state index contributed by atoms with van der Waals surface area (Å²) in [5, 5.41) is 6.73. The van der Waals surface area contributed by atoms with E-state index in [0.717, 1.165) is 12.3 Å². The normalized spacial score (nSPS) is 10.2. The first-order chi connectivity index (χ1) is 5.88. The smallest absolute Gasteiger partial charge is 0.212 e. The van der Waals surface area contributed by atoms with E-state index in [1.165, 1.54) is 24.8 Å². The average Bonchev–Trinajstić information content (AvgIpc) is 2.52. The minimum Gasteiger partial charge on any atom is -0.481 e. The number of H-pyrrole nitrogens is 1. The van der Waals surface area contributed by atoms with Crippen molar-refractivity contribution in [1.29, 1.82) is 0 Å². The highest BCUT2D eigenvalue weighted by molar-refractivity contribution is 5.22. The summed E-state index contributed by atoms with van der Waals surface area (Å²) in [6.07, 6.45) is 6.64. The molecule has 1 N–H and O–H groups in total. The second-order valence-corrected chi connectivity index (χ2v) is 2.89. The van der Waals surface area contributed by atoms with E-state index in [-0.39, 0.29) is 0 Å². The van der Waals surface area contributed by atoms with Gasteiger partial charge < -0.3 is 4.74 Å². The van der Waals surface area contributed by atoms with E-state index in [1.54, 1.807) is 7.11 Å². The lowest BCUT2D eigenvalue weighted by Gasteiger charge is -1.99. The van der Waals surface area contributed by atoms with Crippen LogP contribution in [0.4, 0.5) is 0 Å². The number of nitrogens with zero attached hydrogens (tertiary/aromatic N) is 1. The number of rotatable bonds is 5. The Labute approximate surface area is 73.1 Å². The number of aromatic amines is 1. The van der Waals surface area contributed by atoms with Crippen molar-refractivity contribution in [3.8, 4) is 5.88 Å². The van der Waals surface area contributed by atoms with Gasteiger partial charge in [-0.05, 0) is 12.8 Å². The fourth-order valence-corrected chi connectivity index (χ4v) is 1.22. The molecule has 0 aliphatic carbocycles. The highest BCUT2D eigenvalue weighted by atomic mass is 16.5. The molecule has 0 amide bonds. The number of unbranched alkanes of at least 4 members (excludes halogenated alkanes) is 2. The van der Waals surface area contributed by atoms with Crippen LogP contribution in [0.3, 0.4) is 0 Å². The number of nitrogens with one attached hydrogen (secondary N) is 1. The van der Waals surface area contributed by atoms with E-state index in [0.29, 0.717) is 0 Å². The lowest BCUT2D eigenvalue weighted by atomic mass is 10.1. The predicted octanol–water partition coefficient (Wildman–Crippen LogP) is 2.15. The Morgan fingerprint density at radius 2 is 2.33 bits per heavy atom. The Morgan fingerprint density at radius 1 is 1.50 bits per heavy atom. The van der Waals surface area contributed by atoms with Gasteiger partial charge in [-0.2, -0.15) is 5.10 Å². The molecular weight excluding hydrogens is 152 g/mol. The lowest BCUT2D eigenvalue weighted by molar-refractivity contribution is 0.392. The van der Waals surface area contributed by atoms with E-state index in [2.05, 4.69) is 17.1 Å². The molecule has 1 aromatic rings. The van der Waals surface area contributed by atoms with Crippen LogP contribution < -0.4 is 4.74 Å². The molecule has 0 bridgehead atoms. The van der Waals surface area contributed by atoms with Crippen LogP contribution in [0.25, 0.3) is 0 Å². The molecule has 0 spiro atoms. The largest absolute Gasteiger partial charge is 0.481 e. The van der Waals surface area contributed by atoms with Crippen LogP contribution in [0.15, 0.2) is 6.20 Å². The van der Waals surface area contributed by atoms with Gasteiger partial charge >= 0.3 is 0 Å². The number of aryl methyl sites for hydroxylation is 1. The summed E-state index contributed by atoms with van der Waals surface area (Å²) in [5.74, 6) is 0.811. The molecule has 1 aromatic heterocycles. The van der Waals surface area contributed by atoms with Crippen LogP contribution in [0, 0.1) is 0 Å². The Hall–Kier alpha value is -0.990. The maximum atomic E-state index is 5.10. The van der Waals surface area contributed by atoms with Gasteiger partial charge in [0.25, 0.3) is 0 Å². The maximum Gasteiger partial charge on any atom is 0.212 e. The minimum atomic E-state index is 0.811. The first kappa shape index (κ1) is 9.10. The monoisotopic (exact) mass is 168 g/mol. The van der Waals surface area contributed by atoms with E-state index in [4.69, 9.17) is 4.74 Å². The van der Waals surface area contributed by atoms with Crippen molar-refractivity contribution in [2.24, 2.45) is 0 Å². The number of ether oxygens (including phenoxy) is 1. The predicted molar refractivity (Wildman–Crippen MR) is 48.4 cm³/mol. The highest BCUT2D eigenvalue weighted by Gasteiger charge is 2.03. The van der Waals surface area contributed by atoms with Crippen LogP contribution in [0.2, 0.25) is 0 Å². The summed E-state index contributed by atoms with van der Waals surface area (Å²) in [5.41, 5.74) is 1.19. The molecule has 0 aliphatic heterocycles. The van der Waals surface area contributed by atoms with Gasteiger partial charge in [0.05, 0.1) is 13.3 Å². The summed E-state index contributed by atoms with van der Waals surface area (Å²) < 4.78 is 5.10. The zero-order chi connectivity index (χ0) is 8.81. The van der Waals surface area contributed by atoms with Crippen molar-refractivity contribution in [2.45, 2.75) is 32.6 Å². The third kappa shape index (κ3) is 2.26. The fraction of sp³-hybridized carbons (Fsp3) is 0.667. The van der Waals surface area contributed by atoms with Gasteiger partial charge in [-0.1, -0.05) is 19.8 Å². The molecule has 68 valence electrons. The molecule has 0 radical (unpaired) electrons. The molecule has 12 heavy (non-hydrogen) atoms. The summed E-state index contributed by atoms with van der Waals surface area (Å²) in [7, 11) is 1.66. The fourth-order valence-electron chi connectivity index (χ4n) is 1.22. The second-order valence-electron chi connectivity index (χ2n) is 2.89. The zero-order valence-corrected chi connectivity index (χ0v) is 7.76. The van der Waals surface area contributed by atoms with Crippen molar-refractivity contribution in [2.75, 3.05) is 7.11 Å². The van der Waals surface area contributed by atoms with Gasteiger partial charge in [-0.3, -0.25) is 0 Å². The minimum absolute atomic E-state index is 0.811. The van der Waals surface area contributed by atoms with Crippen LogP contribution in [-0.4, -0.2) is 17.3 Å². The Balaban J connectivity index is 2.39. The van der Waals surface area contributed by atoms with E-state index >= 15 is 0 Å². The van der Waals surface area contributed by atoms with Gasteiger partial charge in [0.1, 0.15) is 0 Å². The number of methoxy groups -OCH3 is 1. The molecular formula is C9H16N2O. The van der Waals surface area contributed by atoms with Gasteiger partial charge in [0, 0.05) is 5.56 Å². The first-order valence-electron chi connectivity index (χ1n) is 4.44. The standard InChI is InChI=1S/C9H16N2O/c1-3-4-5-6-8-7-10-11-9(8)12-2/h7H,3-6H2,1-2H3,(H,10,11). The molecule has 0 aliphatic rings. The van der Waals surface area contributed by atoms with Crippen molar-refractivity contribution >= 4 is 0 Å². The van der Waals surface area contributed by atoms with Crippen LogP contribution in [0.5, 0.6) is 5.88 Å². The molecule has 0 atom stereocenters. The van der Waals surface area contributed by atoms with E-state index < -0.39 is 0 Å². The third-order valence-electron chi connectivity index (χ3n) is 1.93. The maximum absolute atomic E-state index is 5.10. The third-order valence-corrected chi connectivity index (χ3v) is 1.93. The van der Waals surface area contributed by atoms with Crippen LogP contribution in [0.1, 0.15) is 31.7 Å². The van der Waals surface area contributed by atoms with Crippen molar-refractivity contribution in [3.63, 3.8) is 0 Å². The van der Waals surface area contributed by atoms with Gasteiger partial charge in [-0.15, -0.1) is 0 Å². The molecule has 3 nitrogen and oxygen atoms in total. The first-order valence-corrected chi connectivity index (χ1v) is 4.44. The Bertz CT molecular complexity index is 220. The topological polar surface area (TPSA) is 37.9 Å². The molecule has 0 aromatic carbocycles. The summed E-state index contributed by atoms with van der Waals surface area (Å²) in [4.78, 5) is 0. The lowest BCUT2D eigenvalue weighted by Crippen LogP contribution is -1.89. The van der Waals surface area contributed by atoms with Gasteiger partial charge in [-0.25, -0.2) is 5.10 Å². The summed E-state index contributed by atoms with van der Waals surface area (Å²) >= 11 is 0. The molecule has 0 saturated carbocycles. The molecule has 3 heteroatoms. The van der Waals surface area contributed by atoms with Crippen molar-refractivity contribution < 1.29 is 4.74 Å². The summed E-state index contributed by atoms with van der Waals surface area (Å²) in [6, 6.07) is 0. The van der Waals surface area contributed by atoms with E-state index in [9.17, 15) is 0 Å². The number of aromatic nitrogens is 2. The quantitative estimate of drug-likeness (QED) is 0.684. The highest BCUT2D eigenvalue weighted by Crippen LogP contribution is 2.15. The van der Waals surface area contributed by atoms with E-state index in [1.807, 2.05) is 6.20 Å². The van der Waals surface area contributed by atoms with Gasteiger partial charge in [0.2, 0.25) is 5.88 Å². The number of hydrogen-bond donors (Lipinski definition) is 1. The Kier molecular flexibility index (Phi) is 3.64. The average molecular weight is 168 g/mol. The van der Waals surface area contributed by atoms with Crippen LogP contribution >= 0.6 is 0 Å². The molecule has 0 unspecified atom stereocenters. The molecule has 0 fully saturated rings. The second kappa shape index (κ2) is 4.80. The molecule has 1 heterocycles. The van der Waals surface area contributed by atoms with Crippen LogP contribution in [-0.2, 0) is 6.42 Å². The zero-order valence-electron chi connectivity index (χ0n) is 7.76. The molecule has 1 rings (SSSR count). The SMILES string of the molecule is CCCCCc1cn[nH]c1OC. The number of hydrogen-bond acceptors (Lipinski definition) is 2. The van der Waals surface area contributed by atoms with Crippen molar-refractivity contribution in [1.82, 2.24) is 10.2 Å². The molecule has 0 saturated heterocycles. The Morgan fingerprint density at radius 3 is 3.00 bits per heavy atom. The van der Waals surface area contributed by atoms with Gasteiger partial charge in [0.15, 0.2) is 0 Å². The van der Waals surface area contributed by atoms with Crippen molar-refractivity contribution in [3.05, 3.63) is 11.8 Å². The summed E-state index contributed by atoms with van der Waals surface area (Å²) in [6.45, 7) is 2.20.